The summed E-state index contributed by atoms with van der Waals surface area (Å²) in [5, 5.41) is 2.64. The van der Waals surface area contributed by atoms with Gasteiger partial charge in [0.1, 0.15) is 5.82 Å². The Morgan fingerprint density at radius 2 is 1.97 bits per heavy atom. The van der Waals surface area contributed by atoms with Crippen LogP contribution in [0.3, 0.4) is 0 Å². The van der Waals surface area contributed by atoms with Gasteiger partial charge in [-0.1, -0.05) is 12.1 Å². The first-order chi connectivity index (χ1) is 13.9. The summed E-state index contributed by atoms with van der Waals surface area (Å²) in [6.07, 6.45) is -1.71. The highest BCUT2D eigenvalue weighted by Gasteiger charge is 2.39. The average Bonchev–Trinajstić information content (AvgIpc) is 2.70. The number of benzene rings is 1. The number of carbonyl (C=O) groups is 1. The number of nitrogens with one attached hydrogen (secondary N) is 1. The van der Waals surface area contributed by atoms with Crippen molar-refractivity contribution in [2.75, 3.05) is 12.8 Å². The Kier molecular flexibility index (Phi) is 4.57. The number of pyridine rings is 1. The number of aromatic nitrogens is 3. The van der Waals surface area contributed by atoms with E-state index in [0.29, 0.717) is 28.4 Å². The average molecular weight is 397 g/mol. The second-order valence-corrected chi connectivity index (χ2v) is 6.58. The van der Waals surface area contributed by atoms with Crippen LogP contribution in [-0.2, 0) is 0 Å². The number of alkyl halides is 1. The van der Waals surface area contributed by atoms with Crippen LogP contribution in [0.2, 0.25) is 0 Å². The van der Waals surface area contributed by atoms with Crippen LogP contribution < -0.4 is 15.8 Å². The molecule has 0 aliphatic carbocycles. The van der Waals surface area contributed by atoms with Crippen molar-refractivity contribution in [1.82, 2.24) is 20.3 Å². The first-order valence-corrected chi connectivity index (χ1v) is 8.79. The molecule has 1 amide bonds. The number of hydrogen-bond acceptors (Lipinski definition) is 6. The number of nitrogens with zero attached hydrogens (tertiary/aromatic N) is 3. The second kappa shape index (κ2) is 7.08. The van der Waals surface area contributed by atoms with Gasteiger partial charge in [-0.05, 0) is 30.7 Å². The summed E-state index contributed by atoms with van der Waals surface area (Å²) in [5.41, 5.74) is 6.99. The highest BCUT2D eigenvalue weighted by atomic mass is 19.1. The normalized spacial score (nSPS) is 18.1. The minimum Gasteiger partial charge on any atom is -0.481 e. The van der Waals surface area contributed by atoms with Gasteiger partial charge in [-0.25, -0.2) is 23.7 Å². The van der Waals surface area contributed by atoms with E-state index in [0.717, 1.165) is 0 Å². The molecule has 7 nitrogen and oxygen atoms in total. The van der Waals surface area contributed by atoms with Crippen molar-refractivity contribution >= 4 is 11.9 Å². The molecule has 2 atom stereocenters. The van der Waals surface area contributed by atoms with Crippen molar-refractivity contribution in [3.05, 3.63) is 64.7 Å². The number of fused-ring (bicyclic) bond motifs is 1. The summed E-state index contributed by atoms with van der Waals surface area (Å²) in [6, 6.07) is 7.74. The predicted octanol–water partition coefficient (Wildman–Crippen LogP) is 3.07. The topological polar surface area (TPSA) is 103 Å². The minimum absolute atomic E-state index is 0.0612. The van der Waals surface area contributed by atoms with Crippen molar-refractivity contribution in [3.63, 3.8) is 0 Å². The molecule has 0 fully saturated rings. The van der Waals surface area contributed by atoms with Gasteiger partial charge in [0.15, 0.2) is 6.17 Å². The number of carbonyl (C=O) groups excluding carboxylic acids is 1. The number of nitrogen functional groups attached to an aromatic ring is 1. The van der Waals surface area contributed by atoms with Gasteiger partial charge in [0, 0.05) is 11.6 Å². The maximum atomic E-state index is 15.5. The van der Waals surface area contributed by atoms with Crippen molar-refractivity contribution < 1.29 is 18.3 Å². The predicted molar refractivity (Wildman–Crippen MR) is 101 cm³/mol. The number of ether oxygens (including phenoxy) is 1. The number of amides is 1. The van der Waals surface area contributed by atoms with Crippen molar-refractivity contribution in [2.45, 2.75) is 19.1 Å². The number of halogens is 2. The van der Waals surface area contributed by atoms with Crippen LogP contribution in [0.1, 0.15) is 39.5 Å². The Labute approximate surface area is 165 Å². The van der Waals surface area contributed by atoms with Gasteiger partial charge in [-0.2, -0.15) is 0 Å². The molecule has 3 aromatic rings. The second-order valence-electron chi connectivity index (χ2n) is 6.58. The third-order valence-electron chi connectivity index (χ3n) is 4.76. The SMILES string of the molecule is COc1cccc(-c2cc(F)ccc2[C@@H]2NC(=O)c3c(C)nc(N)nc3[C@H]2F)n1. The lowest BCUT2D eigenvalue weighted by Gasteiger charge is -2.30. The zero-order chi connectivity index (χ0) is 20.7. The van der Waals surface area contributed by atoms with Crippen LogP contribution in [0.5, 0.6) is 5.88 Å². The number of aryl methyl sites for hydroxylation is 1. The number of anilines is 1. The van der Waals surface area contributed by atoms with Crippen LogP contribution in [-0.4, -0.2) is 28.0 Å². The molecule has 3 N–H and O–H groups in total. The summed E-state index contributed by atoms with van der Waals surface area (Å²) in [7, 11) is 1.46. The summed E-state index contributed by atoms with van der Waals surface area (Å²) < 4.78 is 34.6. The van der Waals surface area contributed by atoms with E-state index in [1.165, 1.54) is 25.3 Å². The Morgan fingerprint density at radius 3 is 2.72 bits per heavy atom. The van der Waals surface area contributed by atoms with E-state index in [-0.39, 0.29) is 17.2 Å². The van der Waals surface area contributed by atoms with Crippen LogP contribution in [0.4, 0.5) is 14.7 Å². The Balaban J connectivity index is 1.86. The molecule has 0 saturated carbocycles. The van der Waals surface area contributed by atoms with Crippen LogP contribution in [0.25, 0.3) is 11.3 Å². The smallest absolute Gasteiger partial charge is 0.255 e. The molecular weight excluding hydrogens is 380 g/mol. The number of hydrogen-bond donors (Lipinski definition) is 2. The van der Waals surface area contributed by atoms with E-state index >= 15 is 4.39 Å². The fourth-order valence-corrected chi connectivity index (χ4v) is 3.48. The van der Waals surface area contributed by atoms with Crippen molar-refractivity contribution in [1.29, 1.82) is 0 Å². The maximum Gasteiger partial charge on any atom is 0.255 e. The van der Waals surface area contributed by atoms with Gasteiger partial charge in [-0.3, -0.25) is 4.79 Å². The molecule has 0 radical (unpaired) electrons. The van der Waals surface area contributed by atoms with Gasteiger partial charge in [0.25, 0.3) is 5.91 Å². The molecule has 0 spiro atoms. The molecule has 0 bridgehead atoms. The molecule has 1 aliphatic heterocycles. The van der Waals surface area contributed by atoms with Crippen LogP contribution in [0.15, 0.2) is 36.4 Å². The summed E-state index contributed by atoms with van der Waals surface area (Å²) in [5.74, 6) is -0.839. The Morgan fingerprint density at radius 1 is 1.17 bits per heavy atom. The Hall–Kier alpha value is -3.62. The maximum absolute atomic E-state index is 15.5. The van der Waals surface area contributed by atoms with E-state index in [2.05, 4.69) is 20.3 Å². The van der Waals surface area contributed by atoms with Gasteiger partial charge in [0.2, 0.25) is 11.8 Å². The highest BCUT2D eigenvalue weighted by molar-refractivity contribution is 5.98. The quantitative estimate of drug-likeness (QED) is 0.704. The molecule has 29 heavy (non-hydrogen) atoms. The van der Waals surface area contributed by atoms with Crippen LogP contribution >= 0.6 is 0 Å². The highest BCUT2D eigenvalue weighted by Crippen LogP contribution is 2.41. The lowest BCUT2D eigenvalue weighted by Crippen LogP contribution is -2.39. The lowest BCUT2D eigenvalue weighted by molar-refractivity contribution is 0.0872. The summed E-state index contributed by atoms with van der Waals surface area (Å²) in [4.78, 5) is 24.8. The molecule has 3 heterocycles. The zero-order valence-corrected chi connectivity index (χ0v) is 15.6. The van der Waals surface area contributed by atoms with E-state index in [1.807, 2.05) is 0 Å². The van der Waals surface area contributed by atoms with E-state index < -0.39 is 23.9 Å². The molecule has 1 aromatic carbocycles. The summed E-state index contributed by atoms with van der Waals surface area (Å²) in [6.45, 7) is 1.56. The van der Waals surface area contributed by atoms with Crippen molar-refractivity contribution in [2.24, 2.45) is 0 Å². The first kappa shape index (κ1) is 18.7. The zero-order valence-electron chi connectivity index (χ0n) is 15.6. The molecule has 9 heteroatoms. The molecular formula is C20H17F2N5O2. The molecule has 0 unspecified atom stereocenters. The molecule has 1 aliphatic rings. The third kappa shape index (κ3) is 3.24. The number of methoxy groups -OCH3 is 1. The molecule has 4 rings (SSSR count). The first-order valence-electron chi connectivity index (χ1n) is 8.79. The van der Waals surface area contributed by atoms with E-state index in [9.17, 15) is 9.18 Å². The molecule has 148 valence electrons. The summed E-state index contributed by atoms with van der Waals surface area (Å²) >= 11 is 0. The van der Waals surface area contributed by atoms with Crippen LogP contribution in [0, 0.1) is 12.7 Å². The fourth-order valence-electron chi connectivity index (χ4n) is 3.48. The largest absolute Gasteiger partial charge is 0.481 e. The minimum atomic E-state index is -1.71. The van der Waals surface area contributed by atoms with Gasteiger partial charge < -0.3 is 15.8 Å². The van der Waals surface area contributed by atoms with E-state index in [1.54, 1.807) is 25.1 Å². The monoisotopic (exact) mass is 397 g/mol. The number of rotatable bonds is 3. The van der Waals surface area contributed by atoms with Gasteiger partial charge >= 0.3 is 0 Å². The molecule has 0 saturated heterocycles. The van der Waals surface area contributed by atoms with Gasteiger partial charge in [0.05, 0.1) is 35.8 Å². The number of nitrogens with two attached hydrogens (primary N) is 1. The molecule has 2 aromatic heterocycles. The van der Waals surface area contributed by atoms with Crippen molar-refractivity contribution in [3.8, 4) is 17.1 Å². The van der Waals surface area contributed by atoms with Gasteiger partial charge in [-0.15, -0.1) is 0 Å². The standard InChI is InChI=1S/C20H17F2N5O2/c1-9-15-18(27-20(23)24-9)16(22)17(26-19(15)28)11-7-6-10(21)8-12(11)13-4-3-5-14(25-13)29-2/h3-8,16-17H,1-2H3,(H,26,28)(H2,23,24,27)/t16-,17-/m0/s1. The Bertz CT molecular complexity index is 1120. The fraction of sp³-hybridized carbons (Fsp3) is 0.200. The van der Waals surface area contributed by atoms with E-state index in [4.69, 9.17) is 10.5 Å². The lowest BCUT2D eigenvalue weighted by atomic mass is 9.89. The third-order valence-corrected chi connectivity index (χ3v) is 4.76.